The number of ether oxygens (including phenoxy) is 1. The maximum atomic E-state index is 10.5. The van der Waals surface area contributed by atoms with Crippen LogP contribution < -0.4 is 10.6 Å². The van der Waals surface area contributed by atoms with Crippen molar-refractivity contribution in [1.29, 1.82) is 0 Å². The van der Waals surface area contributed by atoms with Gasteiger partial charge in [-0.1, -0.05) is 6.07 Å². The zero-order chi connectivity index (χ0) is 16.3. The average Bonchev–Trinajstić information content (AvgIpc) is 3.03. The van der Waals surface area contributed by atoms with E-state index in [9.17, 15) is 5.11 Å². The van der Waals surface area contributed by atoms with E-state index in [1.165, 1.54) is 0 Å². The minimum Gasteiger partial charge on any atom is -0.383 e. The largest absolute Gasteiger partial charge is 0.383 e. The molecule has 5 nitrogen and oxygen atoms in total. The topological polar surface area (TPSA) is 65.9 Å². The van der Waals surface area contributed by atoms with Crippen LogP contribution in [0.25, 0.3) is 0 Å². The highest BCUT2D eigenvalue weighted by Gasteiger charge is 2.23. The average molecular weight is 455 g/mol. The van der Waals surface area contributed by atoms with Crippen LogP contribution in [0.1, 0.15) is 38.5 Å². The van der Waals surface area contributed by atoms with Gasteiger partial charge >= 0.3 is 0 Å². The molecule has 0 saturated heterocycles. The summed E-state index contributed by atoms with van der Waals surface area (Å²) in [6, 6.07) is 3.88. The number of rotatable bonds is 10. The lowest BCUT2D eigenvalue weighted by atomic mass is 10.1. The van der Waals surface area contributed by atoms with Crippen LogP contribution in [0.5, 0.6) is 0 Å². The summed E-state index contributed by atoms with van der Waals surface area (Å²) < 4.78 is 5.32. The van der Waals surface area contributed by atoms with Crippen LogP contribution in [-0.4, -0.2) is 43.9 Å². The predicted octanol–water partition coefficient (Wildman–Crippen LogP) is 2.95. The lowest BCUT2D eigenvalue weighted by molar-refractivity contribution is 0.0711. The number of nitrogens with zero attached hydrogens (tertiary/aromatic N) is 1. The molecule has 134 valence electrons. The van der Waals surface area contributed by atoms with E-state index in [2.05, 4.69) is 15.6 Å². The third-order valence-corrected chi connectivity index (χ3v) is 4.28. The van der Waals surface area contributed by atoms with E-state index in [-0.39, 0.29) is 24.0 Å². The molecule has 0 aliphatic heterocycles. The van der Waals surface area contributed by atoms with Crippen molar-refractivity contribution in [3.8, 4) is 0 Å². The fourth-order valence-corrected chi connectivity index (χ4v) is 2.70. The van der Waals surface area contributed by atoms with Crippen molar-refractivity contribution in [3.63, 3.8) is 0 Å². The van der Waals surface area contributed by atoms with E-state index in [4.69, 9.17) is 4.74 Å². The second kappa shape index (κ2) is 13.0. The van der Waals surface area contributed by atoms with Gasteiger partial charge in [0.15, 0.2) is 5.96 Å². The molecule has 1 aromatic heterocycles. The molecule has 23 heavy (non-hydrogen) atoms. The van der Waals surface area contributed by atoms with E-state index >= 15 is 0 Å². The fraction of sp³-hybridized carbons (Fsp3) is 0.688. The normalized spacial score (nSPS) is 14.0. The van der Waals surface area contributed by atoms with Crippen molar-refractivity contribution in [3.05, 3.63) is 22.4 Å². The van der Waals surface area contributed by atoms with Crippen LogP contribution >= 0.6 is 35.3 Å². The molecule has 0 aliphatic rings. The summed E-state index contributed by atoms with van der Waals surface area (Å²) in [5, 5.41) is 19.0. The first kappa shape index (κ1) is 22.6. The van der Waals surface area contributed by atoms with E-state index in [1.807, 2.05) is 31.4 Å². The van der Waals surface area contributed by atoms with Crippen LogP contribution in [0.3, 0.4) is 0 Å². The Hall–Kier alpha value is -0.380. The zero-order valence-corrected chi connectivity index (χ0v) is 17.4. The zero-order valence-electron chi connectivity index (χ0n) is 14.3. The van der Waals surface area contributed by atoms with Gasteiger partial charge in [0.1, 0.15) is 5.60 Å². The quantitative estimate of drug-likeness (QED) is 0.220. The second-order valence-electron chi connectivity index (χ2n) is 5.28. The number of aliphatic hydroxyl groups is 1. The summed E-state index contributed by atoms with van der Waals surface area (Å²) in [4.78, 5) is 5.43. The van der Waals surface area contributed by atoms with Crippen molar-refractivity contribution in [1.82, 2.24) is 10.6 Å². The maximum absolute atomic E-state index is 10.5. The monoisotopic (exact) mass is 455 g/mol. The number of hydrogen-bond donors (Lipinski definition) is 3. The van der Waals surface area contributed by atoms with Gasteiger partial charge in [-0.3, -0.25) is 0 Å². The summed E-state index contributed by atoms with van der Waals surface area (Å²) in [6.45, 7) is 9.40. The smallest absolute Gasteiger partial charge is 0.191 e. The Morgan fingerprint density at radius 2 is 2.13 bits per heavy atom. The maximum Gasteiger partial charge on any atom is 0.191 e. The number of hydrogen-bond acceptors (Lipinski definition) is 4. The van der Waals surface area contributed by atoms with Crippen LogP contribution in [-0.2, 0) is 10.3 Å². The summed E-state index contributed by atoms with van der Waals surface area (Å²) in [7, 11) is 0. The molecule has 1 rings (SSSR count). The van der Waals surface area contributed by atoms with Gasteiger partial charge in [-0.25, -0.2) is 4.99 Å². The van der Waals surface area contributed by atoms with Gasteiger partial charge in [0.05, 0.1) is 6.54 Å². The van der Waals surface area contributed by atoms with Crippen molar-refractivity contribution >= 4 is 41.3 Å². The van der Waals surface area contributed by atoms with Crippen LogP contribution in [0.15, 0.2) is 22.5 Å². The third-order valence-electron chi connectivity index (χ3n) is 3.15. The summed E-state index contributed by atoms with van der Waals surface area (Å²) in [5.74, 6) is 0.746. The molecular formula is C16H30IN3O2S. The van der Waals surface area contributed by atoms with Gasteiger partial charge in [-0.2, -0.15) is 0 Å². The van der Waals surface area contributed by atoms with Crippen molar-refractivity contribution in [2.75, 3.05) is 32.8 Å². The van der Waals surface area contributed by atoms with Gasteiger partial charge in [-0.05, 0) is 45.1 Å². The molecular weight excluding hydrogens is 425 g/mol. The van der Waals surface area contributed by atoms with E-state index in [0.29, 0.717) is 6.54 Å². The number of guanidine groups is 1. The van der Waals surface area contributed by atoms with Gasteiger partial charge < -0.3 is 20.5 Å². The summed E-state index contributed by atoms with van der Waals surface area (Å²) >= 11 is 1.55. The number of thiophene rings is 1. The van der Waals surface area contributed by atoms with Crippen LogP contribution in [0.2, 0.25) is 0 Å². The fourth-order valence-electron chi connectivity index (χ4n) is 1.92. The van der Waals surface area contributed by atoms with Crippen molar-refractivity contribution < 1.29 is 9.84 Å². The summed E-state index contributed by atoms with van der Waals surface area (Å²) in [6.07, 6.45) is 2.07. The standard InChI is InChI=1S/C16H29N3O2S.HI/c1-4-17-15(18-10-6-7-11-21-5-2)19-13-16(3,20)14-9-8-12-22-14;/h8-9,12,20H,4-7,10-11,13H2,1-3H3,(H2,17,18,19);1H. The van der Waals surface area contributed by atoms with E-state index < -0.39 is 5.60 Å². The molecule has 0 aromatic carbocycles. The number of halogens is 1. The molecule has 1 unspecified atom stereocenters. The number of unbranched alkanes of at least 4 members (excludes halogenated alkanes) is 1. The Kier molecular flexibility index (Phi) is 12.8. The molecule has 0 spiro atoms. The molecule has 0 fully saturated rings. The Bertz CT molecular complexity index is 425. The predicted molar refractivity (Wildman–Crippen MR) is 109 cm³/mol. The lowest BCUT2D eigenvalue weighted by Gasteiger charge is -2.20. The third kappa shape index (κ3) is 9.49. The second-order valence-corrected chi connectivity index (χ2v) is 6.22. The minimum atomic E-state index is -0.925. The first-order chi connectivity index (χ1) is 10.6. The van der Waals surface area contributed by atoms with Gasteiger partial charge in [0.2, 0.25) is 0 Å². The summed E-state index contributed by atoms with van der Waals surface area (Å²) in [5.41, 5.74) is -0.925. The van der Waals surface area contributed by atoms with E-state index in [1.54, 1.807) is 18.3 Å². The molecule has 7 heteroatoms. The van der Waals surface area contributed by atoms with Gasteiger partial charge in [-0.15, -0.1) is 35.3 Å². The van der Waals surface area contributed by atoms with Gasteiger partial charge in [0.25, 0.3) is 0 Å². The first-order valence-electron chi connectivity index (χ1n) is 7.96. The Morgan fingerprint density at radius 1 is 1.35 bits per heavy atom. The molecule has 0 amide bonds. The Balaban J connectivity index is 0.00000484. The number of aliphatic imine (C=N–C) groups is 1. The highest BCUT2D eigenvalue weighted by molar-refractivity contribution is 14.0. The highest BCUT2D eigenvalue weighted by atomic mass is 127. The molecule has 0 radical (unpaired) electrons. The Labute approximate surface area is 160 Å². The number of nitrogens with one attached hydrogen (secondary N) is 2. The molecule has 0 bridgehead atoms. The SMILES string of the molecule is CCNC(=NCC(C)(O)c1cccs1)NCCCCOCC.I. The molecule has 3 N–H and O–H groups in total. The molecule has 0 aliphatic carbocycles. The van der Waals surface area contributed by atoms with Crippen LogP contribution in [0, 0.1) is 0 Å². The molecule has 1 aromatic rings. The Morgan fingerprint density at radius 3 is 2.74 bits per heavy atom. The molecule has 0 saturated carbocycles. The van der Waals surface area contributed by atoms with Crippen molar-refractivity contribution in [2.24, 2.45) is 4.99 Å². The highest BCUT2D eigenvalue weighted by Crippen LogP contribution is 2.25. The first-order valence-corrected chi connectivity index (χ1v) is 8.84. The van der Waals surface area contributed by atoms with Crippen molar-refractivity contribution in [2.45, 2.75) is 39.2 Å². The minimum absolute atomic E-state index is 0. The van der Waals surface area contributed by atoms with Gasteiger partial charge in [0, 0.05) is 31.2 Å². The van der Waals surface area contributed by atoms with E-state index in [0.717, 1.165) is 50.0 Å². The lowest BCUT2D eigenvalue weighted by Crippen LogP contribution is -2.39. The molecule has 1 heterocycles. The van der Waals surface area contributed by atoms with Crippen LogP contribution in [0.4, 0.5) is 0 Å². The molecule has 1 atom stereocenters.